The molecular weight excluding hydrogens is 290 g/mol. The summed E-state index contributed by atoms with van der Waals surface area (Å²) in [7, 11) is 0. The average molecular weight is 313 g/mol. The van der Waals surface area contributed by atoms with Gasteiger partial charge in [0, 0.05) is 40.8 Å². The molecule has 5 nitrogen and oxygen atoms in total. The third kappa shape index (κ3) is 2.63. The maximum Gasteiger partial charge on any atom is 0.270 e. The molecule has 23 heavy (non-hydrogen) atoms. The number of H-pyrrole nitrogens is 1. The van der Waals surface area contributed by atoms with Gasteiger partial charge in [-0.05, 0) is 56.1 Å². The van der Waals surface area contributed by atoms with Crippen LogP contribution in [0.2, 0.25) is 0 Å². The van der Waals surface area contributed by atoms with E-state index < -0.39 is 0 Å². The number of nitro benzene ring substituents is 1. The van der Waals surface area contributed by atoms with E-state index in [1.165, 1.54) is 30.5 Å². The van der Waals surface area contributed by atoms with Gasteiger partial charge in [-0.15, -0.1) is 0 Å². The highest BCUT2D eigenvalue weighted by molar-refractivity contribution is 5.87. The fraction of sp³-hybridized carbons (Fsp3) is 0.556. The fourth-order valence-electron chi connectivity index (χ4n) is 4.37. The van der Waals surface area contributed by atoms with Crippen molar-refractivity contribution in [2.45, 2.75) is 57.5 Å². The standard InChI is InChI=1S/C18H23N3O2/c1-11-5-6-12(9-11)19-17-4-2-3-14-15-10-13(21(22)23)7-8-16(15)20-18(14)17/h7-8,10-12,17,19-20H,2-6,9H2,1H3/t11-,12-,17-/m1/s1. The average Bonchev–Trinajstić information content (AvgIpc) is 3.11. The Balaban J connectivity index is 1.67. The van der Waals surface area contributed by atoms with E-state index in [2.05, 4.69) is 17.2 Å². The second kappa shape index (κ2) is 5.64. The van der Waals surface area contributed by atoms with Gasteiger partial charge in [0.2, 0.25) is 0 Å². The Morgan fingerprint density at radius 1 is 1.30 bits per heavy atom. The van der Waals surface area contributed by atoms with E-state index in [0.717, 1.165) is 36.1 Å². The second-order valence-corrected chi connectivity index (χ2v) is 7.23. The van der Waals surface area contributed by atoms with Crippen molar-refractivity contribution in [2.75, 3.05) is 0 Å². The molecule has 0 bridgehead atoms. The molecule has 0 amide bonds. The van der Waals surface area contributed by atoms with E-state index in [4.69, 9.17) is 0 Å². The lowest BCUT2D eigenvalue weighted by Crippen LogP contribution is -2.33. The lowest BCUT2D eigenvalue weighted by molar-refractivity contribution is -0.384. The molecule has 0 saturated heterocycles. The van der Waals surface area contributed by atoms with Crippen molar-refractivity contribution in [3.8, 4) is 0 Å². The number of fused-ring (bicyclic) bond motifs is 3. The van der Waals surface area contributed by atoms with Gasteiger partial charge < -0.3 is 10.3 Å². The van der Waals surface area contributed by atoms with E-state index in [1.54, 1.807) is 12.1 Å². The monoisotopic (exact) mass is 313 g/mol. The number of nitro groups is 1. The normalized spacial score (nSPS) is 27.3. The zero-order chi connectivity index (χ0) is 16.0. The summed E-state index contributed by atoms with van der Waals surface area (Å²) in [6.45, 7) is 2.33. The molecule has 4 rings (SSSR count). The Bertz CT molecular complexity index is 752. The Kier molecular flexibility index (Phi) is 3.60. The number of nitrogens with zero attached hydrogens (tertiary/aromatic N) is 1. The first-order chi connectivity index (χ1) is 11.1. The summed E-state index contributed by atoms with van der Waals surface area (Å²) < 4.78 is 0. The van der Waals surface area contributed by atoms with Gasteiger partial charge in [0.15, 0.2) is 0 Å². The minimum absolute atomic E-state index is 0.180. The summed E-state index contributed by atoms with van der Waals surface area (Å²) >= 11 is 0. The Morgan fingerprint density at radius 3 is 2.91 bits per heavy atom. The topological polar surface area (TPSA) is 71.0 Å². The predicted molar refractivity (Wildman–Crippen MR) is 90.6 cm³/mol. The van der Waals surface area contributed by atoms with Gasteiger partial charge >= 0.3 is 0 Å². The van der Waals surface area contributed by atoms with Crippen LogP contribution in [0.4, 0.5) is 5.69 Å². The maximum atomic E-state index is 11.0. The number of nitrogens with one attached hydrogen (secondary N) is 2. The summed E-state index contributed by atoms with van der Waals surface area (Å²) in [5.74, 6) is 0.820. The molecule has 2 N–H and O–H groups in total. The van der Waals surface area contributed by atoms with Crippen LogP contribution in [0.1, 0.15) is 56.3 Å². The smallest absolute Gasteiger partial charge is 0.270 e. The maximum absolute atomic E-state index is 11.0. The summed E-state index contributed by atoms with van der Waals surface area (Å²) in [6.07, 6.45) is 7.14. The molecule has 122 valence electrons. The van der Waals surface area contributed by atoms with E-state index in [0.29, 0.717) is 12.1 Å². The molecule has 2 aliphatic carbocycles. The van der Waals surface area contributed by atoms with Crippen molar-refractivity contribution in [1.82, 2.24) is 10.3 Å². The first-order valence-electron chi connectivity index (χ1n) is 8.66. The van der Waals surface area contributed by atoms with Crippen molar-refractivity contribution in [1.29, 1.82) is 0 Å². The molecule has 5 heteroatoms. The minimum atomic E-state index is -0.308. The minimum Gasteiger partial charge on any atom is -0.357 e. The van der Waals surface area contributed by atoms with Gasteiger partial charge in [-0.25, -0.2) is 0 Å². The molecule has 2 aromatic rings. The van der Waals surface area contributed by atoms with Crippen LogP contribution < -0.4 is 5.32 Å². The van der Waals surface area contributed by atoms with Crippen molar-refractivity contribution in [3.05, 3.63) is 39.6 Å². The Labute approximate surface area is 135 Å². The molecule has 1 saturated carbocycles. The van der Waals surface area contributed by atoms with Crippen molar-refractivity contribution in [2.24, 2.45) is 5.92 Å². The van der Waals surface area contributed by atoms with E-state index in [-0.39, 0.29) is 10.6 Å². The number of rotatable bonds is 3. The Morgan fingerprint density at radius 2 is 2.17 bits per heavy atom. The van der Waals surface area contributed by atoms with E-state index in [9.17, 15) is 10.1 Å². The Hall–Kier alpha value is -1.88. The third-order valence-corrected chi connectivity index (χ3v) is 5.53. The van der Waals surface area contributed by atoms with Gasteiger partial charge in [-0.2, -0.15) is 0 Å². The van der Waals surface area contributed by atoms with Gasteiger partial charge in [0.1, 0.15) is 0 Å². The van der Waals surface area contributed by atoms with Crippen LogP contribution in [-0.2, 0) is 6.42 Å². The summed E-state index contributed by atoms with van der Waals surface area (Å²) in [5.41, 5.74) is 3.73. The van der Waals surface area contributed by atoms with Crippen molar-refractivity contribution >= 4 is 16.6 Å². The molecule has 1 aromatic carbocycles. The van der Waals surface area contributed by atoms with Gasteiger partial charge in [-0.1, -0.05) is 6.92 Å². The number of aryl methyl sites for hydroxylation is 1. The molecule has 1 heterocycles. The summed E-state index contributed by atoms with van der Waals surface area (Å²) in [6, 6.07) is 6.14. The number of aromatic nitrogens is 1. The van der Waals surface area contributed by atoms with Crippen molar-refractivity contribution in [3.63, 3.8) is 0 Å². The van der Waals surface area contributed by atoms with Gasteiger partial charge in [-0.3, -0.25) is 10.1 Å². The molecule has 0 aliphatic heterocycles. The van der Waals surface area contributed by atoms with E-state index >= 15 is 0 Å². The first kappa shape index (κ1) is 14.7. The van der Waals surface area contributed by atoms with Crippen LogP contribution in [0.3, 0.4) is 0 Å². The zero-order valence-electron chi connectivity index (χ0n) is 13.5. The van der Waals surface area contributed by atoms with Crippen LogP contribution in [0, 0.1) is 16.0 Å². The van der Waals surface area contributed by atoms with E-state index in [1.807, 2.05) is 6.07 Å². The first-order valence-corrected chi connectivity index (χ1v) is 8.66. The molecule has 0 radical (unpaired) electrons. The number of aromatic amines is 1. The number of benzene rings is 1. The lowest BCUT2D eigenvalue weighted by Gasteiger charge is -2.27. The van der Waals surface area contributed by atoms with Crippen LogP contribution in [0.25, 0.3) is 10.9 Å². The van der Waals surface area contributed by atoms with Crippen LogP contribution in [0.5, 0.6) is 0 Å². The number of hydrogen-bond donors (Lipinski definition) is 2. The molecule has 3 atom stereocenters. The van der Waals surface area contributed by atoms with Crippen molar-refractivity contribution < 1.29 is 4.92 Å². The van der Waals surface area contributed by atoms with Crippen LogP contribution in [-0.4, -0.2) is 15.9 Å². The molecule has 1 fully saturated rings. The quantitative estimate of drug-likeness (QED) is 0.658. The highest BCUT2D eigenvalue weighted by Gasteiger charge is 2.29. The lowest BCUT2D eigenvalue weighted by atomic mass is 9.91. The van der Waals surface area contributed by atoms with Gasteiger partial charge in [0.25, 0.3) is 5.69 Å². The third-order valence-electron chi connectivity index (χ3n) is 5.53. The fourth-order valence-corrected chi connectivity index (χ4v) is 4.37. The largest absolute Gasteiger partial charge is 0.357 e. The highest BCUT2D eigenvalue weighted by atomic mass is 16.6. The second-order valence-electron chi connectivity index (χ2n) is 7.23. The molecule has 2 aliphatic rings. The number of hydrogen-bond acceptors (Lipinski definition) is 3. The molecule has 0 unspecified atom stereocenters. The molecular formula is C18H23N3O2. The molecule has 0 spiro atoms. The zero-order valence-corrected chi connectivity index (χ0v) is 13.5. The summed E-state index contributed by atoms with van der Waals surface area (Å²) in [4.78, 5) is 14.3. The highest BCUT2D eigenvalue weighted by Crippen LogP contribution is 2.37. The van der Waals surface area contributed by atoms with Gasteiger partial charge in [0.05, 0.1) is 4.92 Å². The molecule has 1 aromatic heterocycles. The van der Waals surface area contributed by atoms with Crippen LogP contribution in [0.15, 0.2) is 18.2 Å². The predicted octanol–water partition coefficient (Wildman–Crippen LogP) is 4.23. The summed E-state index contributed by atoms with van der Waals surface area (Å²) in [5, 5.41) is 15.9. The van der Waals surface area contributed by atoms with Crippen LogP contribution >= 0.6 is 0 Å². The SMILES string of the molecule is C[C@@H]1CC[C@@H](N[C@@H]2CCCc3c2[nH]c2ccc([N+](=O)[O-])cc32)C1. The number of non-ortho nitro benzene ring substituents is 1.